The highest BCUT2D eigenvalue weighted by Gasteiger charge is 2.49. The van der Waals surface area contributed by atoms with Crippen LogP contribution in [0.15, 0.2) is 46.9 Å². The first-order valence-corrected chi connectivity index (χ1v) is 7.86. The number of alkyl halides is 3. The Bertz CT molecular complexity index is 1140. The molecule has 1 heterocycles. The summed E-state index contributed by atoms with van der Waals surface area (Å²) >= 11 is 0. The zero-order valence-electron chi connectivity index (χ0n) is 11.2. The first-order valence-electron chi connectivity index (χ1n) is 6.45. The second-order valence-corrected chi connectivity index (χ2v) is 6.53. The molecule has 0 unspecified atom stereocenters. The molecular formula is C15H7F3O4S. The molecule has 4 rings (SSSR count). The van der Waals surface area contributed by atoms with E-state index in [9.17, 15) is 21.6 Å². The molecule has 4 nitrogen and oxygen atoms in total. The van der Waals surface area contributed by atoms with Crippen molar-refractivity contribution in [2.24, 2.45) is 0 Å². The summed E-state index contributed by atoms with van der Waals surface area (Å²) in [7, 11) is -5.76. The van der Waals surface area contributed by atoms with Crippen LogP contribution < -0.4 is 4.18 Å². The fourth-order valence-corrected chi connectivity index (χ4v) is 3.10. The van der Waals surface area contributed by atoms with E-state index in [1.165, 1.54) is 6.07 Å². The van der Waals surface area contributed by atoms with E-state index in [2.05, 4.69) is 4.18 Å². The summed E-state index contributed by atoms with van der Waals surface area (Å²) < 4.78 is 69.9. The van der Waals surface area contributed by atoms with E-state index in [1.54, 1.807) is 18.2 Å². The van der Waals surface area contributed by atoms with Gasteiger partial charge in [-0.3, -0.25) is 0 Å². The third kappa shape index (κ3) is 1.94. The van der Waals surface area contributed by atoms with Crippen LogP contribution in [-0.4, -0.2) is 13.9 Å². The molecular weight excluding hydrogens is 333 g/mol. The van der Waals surface area contributed by atoms with Gasteiger partial charge in [-0.25, -0.2) is 0 Å². The van der Waals surface area contributed by atoms with E-state index < -0.39 is 21.4 Å². The van der Waals surface area contributed by atoms with Gasteiger partial charge in [0, 0.05) is 10.8 Å². The molecule has 0 amide bonds. The van der Waals surface area contributed by atoms with Crippen LogP contribution in [0.25, 0.3) is 32.7 Å². The van der Waals surface area contributed by atoms with Gasteiger partial charge in [-0.05, 0) is 22.9 Å². The Morgan fingerprint density at radius 2 is 1.57 bits per heavy atom. The van der Waals surface area contributed by atoms with Crippen molar-refractivity contribution in [3.05, 3.63) is 42.5 Å². The molecule has 0 aliphatic rings. The average molecular weight is 340 g/mol. The zero-order valence-corrected chi connectivity index (χ0v) is 12.0. The minimum Gasteiger partial charge on any atom is -0.452 e. The van der Waals surface area contributed by atoms with Crippen LogP contribution in [0.1, 0.15) is 0 Å². The van der Waals surface area contributed by atoms with Crippen molar-refractivity contribution in [1.29, 1.82) is 0 Å². The first kappa shape index (κ1) is 14.1. The molecule has 0 saturated carbocycles. The van der Waals surface area contributed by atoms with Gasteiger partial charge in [-0.1, -0.05) is 30.3 Å². The van der Waals surface area contributed by atoms with Crippen LogP contribution in [0, 0.1) is 0 Å². The number of benzene rings is 3. The van der Waals surface area contributed by atoms with Crippen LogP contribution in [0.3, 0.4) is 0 Å². The van der Waals surface area contributed by atoms with Crippen molar-refractivity contribution in [1.82, 2.24) is 0 Å². The lowest BCUT2D eigenvalue weighted by Crippen LogP contribution is -2.28. The molecule has 1 aromatic heterocycles. The summed E-state index contributed by atoms with van der Waals surface area (Å²) in [6.45, 7) is 0. The Balaban J connectivity index is 2.03. The molecule has 0 radical (unpaired) electrons. The minimum absolute atomic E-state index is 0.0258. The SMILES string of the molecule is O=S(=O)(Oc1ccc2ccc3cccc4oc1c2c34)C(F)(F)F. The molecule has 118 valence electrons. The van der Waals surface area contributed by atoms with Crippen molar-refractivity contribution >= 4 is 42.8 Å². The van der Waals surface area contributed by atoms with E-state index in [1.807, 2.05) is 12.1 Å². The molecule has 0 N–H and O–H groups in total. The van der Waals surface area contributed by atoms with Gasteiger partial charge in [0.1, 0.15) is 5.58 Å². The maximum absolute atomic E-state index is 12.5. The number of halogens is 3. The molecule has 0 atom stereocenters. The normalized spacial score (nSPS) is 13.3. The highest BCUT2D eigenvalue weighted by atomic mass is 32.2. The maximum atomic E-state index is 12.5. The van der Waals surface area contributed by atoms with Gasteiger partial charge in [0.05, 0.1) is 0 Å². The molecule has 0 bridgehead atoms. The number of furan rings is 1. The van der Waals surface area contributed by atoms with Crippen molar-refractivity contribution in [2.45, 2.75) is 5.51 Å². The topological polar surface area (TPSA) is 56.5 Å². The van der Waals surface area contributed by atoms with Gasteiger partial charge in [-0.2, -0.15) is 21.6 Å². The van der Waals surface area contributed by atoms with Crippen LogP contribution >= 0.6 is 0 Å². The van der Waals surface area contributed by atoms with Crippen LogP contribution in [0.2, 0.25) is 0 Å². The molecule has 8 heteroatoms. The van der Waals surface area contributed by atoms with E-state index >= 15 is 0 Å². The third-order valence-electron chi connectivity index (χ3n) is 3.60. The molecule has 4 aromatic rings. The standard InChI is InChI=1S/C15H7F3O4S/c16-15(17,18)23(19,20)22-11-7-6-9-5-4-8-2-1-3-10-12(8)13(9)14(11)21-10/h1-7H. The molecule has 3 aromatic carbocycles. The van der Waals surface area contributed by atoms with Crippen molar-refractivity contribution in [2.75, 3.05) is 0 Å². The Morgan fingerprint density at radius 1 is 0.913 bits per heavy atom. The fraction of sp³-hybridized carbons (Fsp3) is 0.0667. The maximum Gasteiger partial charge on any atom is 0.534 e. The van der Waals surface area contributed by atoms with Crippen molar-refractivity contribution < 1.29 is 30.2 Å². The molecule has 23 heavy (non-hydrogen) atoms. The molecule has 0 spiro atoms. The van der Waals surface area contributed by atoms with E-state index in [0.717, 1.165) is 16.8 Å². The van der Waals surface area contributed by atoms with Crippen molar-refractivity contribution in [3.63, 3.8) is 0 Å². The third-order valence-corrected chi connectivity index (χ3v) is 4.57. The lowest BCUT2D eigenvalue weighted by molar-refractivity contribution is -0.0499. The quantitative estimate of drug-likeness (QED) is 0.308. The van der Waals surface area contributed by atoms with E-state index in [-0.39, 0.29) is 5.58 Å². The van der Waals surface area contributed by atoms with Gasteiger partial charge < -0.3 is 8.60 Å². The van der Waals surface area contributed by atoms with Crippen molar-refractivity contribution in [3.8, 4) is 5.75 Å². The molecule has 0 saturated heterocycles. The number of hydrogen-bond donors (Lipinski definition) is 0. The number of rotatable bonds is 2. The summed E-state index contributed by atoms with van der Waals surface area (Å²) in [6, 6.07) is 11.5. The van der Waals surface area contributed by atoms with Crippen LogP contribution in [-0.2, 0) is 10.1 Å². The molecule has 0 aliphatic carbocycles. The van der Waals surface area contributed by atoms with Gasteiger partial charge in [0.25, 0.3) is 0 Å². The highest BCUT2D eigenvalue weighted by molar-refractivity contribution is 7.88. The summed E-state index contributed by atoms with van der Waals surface area (Å²) in [5.74, 6) is -0.487. The van der Waals surface area contributed by atoms with Gasteiger partial charge in [0.15, 0.2) is 11.3 Å². The Kier molecular flexibility index (Phi) is 2.63. The fourth-order valence-electron chi connectivity index (χ4n) is 2.64. The molecule has 0 aliphatic heterocycles. The smallest absolute Gasteiger partial charge is 0.452 e. The largest absolute Gasteiger partial charge is 0.534 e. The zero-order chi connectivity index (χ0) is 16.4. The Morgan fingerprint density at radius 3 is 2.26 bits per heavy atom. The second kappa shape index (κ2) is 4.29. The number of hydrogen-bond acceptors (Lipinski definition) is 4. The second-order valence-electron chi connectivity index (χ2n) is 5.00. The lowest BCUT2D eigenvalue weighted by Gasteiger charge is -2.10. The monoisotopic (exact) mass is 340 g/mol. The Hall–Kier alpha value is -2.48. The van der Waals surface area contributed by atoms with Gasteiger partial charge in [-0.15, -0.1) is 0 Å². The van der Waals surface area contributed by atoms with Gasteiger partial charge >= 0.3 is 15.6 Å². The van der Waals surface area contributed by atoms with Gasteiger partial charge in [0.2, 0.25) is 0 Å². The Labute approximate surface area is 127 Å². The van der Waals surface area contributed by atoms with Crippen LogP contribution in [0.5, 0.6) is 5.75 Å². The predicted molar refractivity (Wildman–Crippen MR) is 78.0 cm³/mol. The first-order chi connectivity index (χ1) is 10.8. The summed E-state index contributed by atoms with van der Waals surface area (Å²) in [5, 5.41) is 2.81. The highest BCUT2D eigenvalue weighted by Crippen LogP contribution is 2.42. The van der Waals surface area contributed by atoms with Crippen LogP contribution in [0.4, 0.5) is 13.2 Å². The summed E-state index contributed by atoms with van der Waals surface area (Å²) in [4.78, 5) is 0. The predicted octanol–water partition coefficient (Wildman–Crippen LogP) is 4.41. The summed E-state index contributed by atoms with van der Waals surface area (Å²) in [6.07, 6.45) is 0. The molecule has 0 fully saturated rings. The lowest BCUT2D eigenvalue weighted by atomic mass is 10.0. The van der Waals surface area contributed by atoms with E-state index in [4.69, 9.17) is 4.42 Å². The average Bonchev–Trinajstić information content (AvgIpc) is 2.86. The summed E-state index contributed by atoms with van der Waals surface area (Å²) in [5.41, 5.74) is -5.09. The van der Waals surface area contributed by atoms with E-state index in [0.29, 0.717) is 16.4 Å². The minimum atomic E-state index is -5.76.